The standard InChI is InChI=1S/C18H15N5O/c24-18-16-17(20-12-23(16)11-13-5-2-1-3-6-13)21-15(22-18)9-14-7-4-8-19-10-14/h1-8,10,12H,9,11H2,(H,21,22,24). The fourth-order valence-electron chi connectivity index (χ4n) is 2.71. The highest BCUT2D eigenvalue weighted by Crippen LogP contribution is 2.10. The third-order valence-electron chi connectivity index (χ3n) is 3.82. The highest BCUT2D eigenvalue weighted by Gasteiger charge is 2.11. The summed E-state index contributed by atoms with van der Waals surface area (Å²) in [4.78, 5) is 28.2. The maximum absolute atomic E-state index is 12.5. The molecule has 1 N–H and O–H groups in total. The lowest BCUT2D eigenvalue weighted by Crippen LogP contribution is -2.15. The number of nitrogens with zero attached hydrogens (tertiary/aromatic N) is 4. The molecule has 0 unspecified atom stereocenters. The number of H-pyrrole nitrogens is 1. The number of imidazole rings is 1. The molecule has 0 bridgehead atoms. The van der Waals surface area contributed by atoms with Crippen molar-refractivity contribution in [1.29, 1.82) is 0 Å². The fraction of sp³-hybridized carbons (Fsp3) is 0.111. The lowest BCUT2D eigenvalue weighted by molar-refractivity contribution is 0.817. The lowest BCUT2D eigenvalue weighted by atomic mass is 10.2. The number of fused-ring (bicyclic) bond motifs is 1. The van der Waals surface area contributed by atoms with Crippen LogP contribution in [0.1, 0.15) is 17.0 Å². The van der Waals surface area contributed by atoms with Crippen molar-refractivity contribution in [2.24, 2.45) is 0 Å². The summed E-state index contributed by atoms with van der Waals surface area (Å²) in [7, 11) is 0. The molecule has 0 amide bonds. The van der Waals surface area contributed by atoms with Gasteiger partial charge in [0, 0.05) is 25.4 Å². The molecule has 6 nitrogen and oxygen atoms in total. The molecule has 0 radical (unpaired) electrons. The Morgan fingerprint density at radius 2 is 1.88 bits per heavy atom. The summed E-state index contributed by atoms with van der Waals surface area (Å²) in [5, 5.41) is 0. The molecule has 0 atom stereocenters. The summed E-state index contributed by atoms with van der Waals surface area (Å²) in [6.45, 7) is 0.587. The van der Waals surface area contributed by atoms with Gasteiger partial charge in [-0.3, -0.25) is 9.78 Å². The molecule has 0 aliphatic carbocycles. The number of hydrogen-bond acceptors (Lipinski definition) is 4. The van der Waals surface area contributed by atoms with Crippen LogP contribution in [0.5, 0.6) is 0 Å². The Balaban J connectivity index is 1.69. The van der Waals surface area contributed by atoms with Gasteiger partial charge in [0.15, 0.2) is 11.2 Å². The smallest absolute Gasteiger partial charge is 0.277 e. The zero-order chi connectivity index (χ0) is 16.4. The van der Waals surface area contributed by atoms with E-state index in [1.54, 1.807) is 18.7 Å². The number of rotatable bonds is 4. The van der Waals surface area contributed by atoms with Crippen LogP contribution >= 0.6 is 0 Å². The molecule has 0 aliphatic rings. The first kappa shape index (κ1) is 14.3. The van der Waals surface area contributed by atoms with Crippen LogP contribution in [0.15, 0.2) is 66.0 Å². The molecule has 118 valence electrons. The van der Waals surface area contributed by atoms with Crippen LogP contribution in [0.2, 0.25) is 0 Å². The average molecular weight is 317 g/mol. The van der Waals surface area contributed by atoms with E-state index in [2.05, 4.69) is 19.9 Å². The second-order valence-electron chi connectivity index (χ2n) is 5.58. The van der Waals surface area contributed by atoms with E-state index in [1.165, 1.54) is 0 Å². The van der Waals surface area contributed by atoms with Gasteiger partial charge >= 0.3 is 0 Å². The minimum atomic E-state index is -0.174. The van der Waals surface area contributed by atoms with Crippen LogP contribution in [-0.4, -0.2) is 24.5 Å². The highest BCUT2D eigenvalue weighted by atomic mass is 16.1. The topological polar surface area (TPSA) is 76.5 Å². The second-order valence-corrected chi connectivity index (χ2v) is 5.58. The SMILES string of the molecule is O=c1[nH]c(Cc2cccnc2)nc2ncn(Cc3ccccc3)c12. The van der Waals surface area contributed by atoms with E-state index in [0.717, 1.165) is 11.1 Å². The van der Waals surface area contributed by atoms with E-state index in [-0.39, 0.29) is 5.56 Å². The maximum Gasteiger partial charge on any atom is 0.277 e. The number of nitrogens with one attached hydrogen (secondary N) is 1. The first-order valence-electron chi connectivity index (χ1n) is 7.66. The van der Waals surface area contributed by atoms with Crippen LogP contribution in [0.25, 0.3) is 11.2 Å². The number of aromatic nitrogens is 5. The Labute approximate surface area is 137 Å². The summed E-state index contributed by atoms with van der Waals surface area (Å²) in [6.07, 6.45) is 5.66. The summed E-state index contributed by atoms with van der Waals surface area (Å²) < 4.78 is 1.82. The van der Waals surface area contributed by atoms with Gasteiger partial charge in [0.25, 0.3) is 5.56 Å². The molecule has 0 saturated heterocycles. The Morgan fingerprint density at radius 1 is 1.04 bits per heavy atom. The Kier molecular flexibility index (Phi) is 3.63. The molecular weight excluding hydrogens is 302 g/mol. The first-order chi connectivity index (χ1) is 11.8. The number of hydrogen-bond donors (Lipinski definition) is 1. The largest absolute Gasteiger partial charge is 0.320 e. The third-order valence-corrected chi connectivity index (χ3v) is 3.82. The second kappa shape index (κ2) is 6.08. The van der Waals surface area contributed by atoms with E-state index in [4.69, 9.17) is 0 Å². The zero-order valence-corrected chi connectivity index (χ0v) is 12.9. The first-order valence-corrected chi connectivity index (χ1v) is 7.66. The van der Waals surface area contributed by atoms with Gasteiger partial charge in [0.2, 0.25) is 0 Å². The predicted octanol–water partition coefficient (Wildman–Crippen LogP) is 2.15. The van der Waals surface area contributed by atoms with Crippen LogP contribution in [-0.2, 0) is 13.0 Å². The van der Waals surface area contributed by atoms with Gasteiger partial charge < -0.3 is 9.55 Å². The predicted molar refractivity (Wildman–Crippen MR) is 90.7 cm³/mol. The Hall–Kier alpha value is -3.28. The van der Waals surface area contributed by atoms with Crippen molar-refractivity contribution < 1.29 is 0 Å². The summed E-state index contributed by atoms with van der Waals surface area (Å²) in [5.41, 5.74) is 2.88. The van der Waals surface area contributed by atoms with Crippen LogP contribution in [0.4, 0.5) is 0 Å². The monoisotopic (exact) mass is 317 g/mol. The van der Waals surface area contributed by atoms with Gasteiger partial charge in [0.1, 0.15) is 5.82 Å². The Bertz CT molecular complexity index is 1020. The molecular formula is C18H15N5O. The van der Waals surface area contributed by atoms with Gasteiger partial charge in [-0.15, -0.1) is 0 Å². The number of benzene rings is 1. The molecule has 0 fully saturated rings. The number of aromatic amines is 1. The highest BCUT2D eigenvalue weighted by molar-refractivity contribution is 5.69. The molecule has 1 aromatic carbocycles. The van der Waals surface area contributed by atoms with Gasteiger partial charge in [0.05, 0.1) is 6.33 Å². The summed E-state index contributed by atoms with van der Waals surface area (Å²) in [6, 6.07) is 13.8. The van der Waals surface area contributed by atoms with Crippen molar-refractivity contribution in [2.75, 3.05) is 0 Å². The van der Waals surface area contributed by atoms with Crippen molar-refractivity contribution in [3.8, 4) is 0 Å². The quantitative estimate of drug-likeness (QED) is 0.626. The third kappa shape index (κ3) is 2.81. The summed E-state index contributed by atoms with van der Waals surface area (Å²) in [5.74, 6) is 0.588. The summed E-state index contributed by atoms with van der Waals surface area (Å²) >= 11 is 0. The van der Waals surface area contributed by atoms with Crippen LogP contribution in [0, 0.1) is 0 Å². The van der Waals surface area contributed by atoms with E-state index < -0.39 is 0 Å². The van der Waals surface area contributed by atoms with E-state index >= 15 is 0 Å². The van der Waals surface area contributed by atoms with Crippen molar-refractivity contribution in [1.82, 2.24) is 24.5 Å². The molecule has 3 aromatic heterocycles. The molecule has 4 rings (SSSR count). The average Bonchev–Trinajstić information content (AvgIpc) is 3.00. The minimum Gasteiger partial charge on any atom is -0.320 e. The molecule has 0 spiro atoms. The molecule has 6 heteroatoms. The van der Waals surface area contributed by atoms with Crippen LogP contribution < -0.4 is 5.56 Å². The van der Waals surface area contributed by atoms with Crippen molar-refractivity contribution in [2.45, 2.75) is 13.0 Å². The lowest BCUT2D eigenvalue weighted by Gasteiger charge is -2.04. The van der Waals surface area contributed by atoms with Gasteiger partial charge in [-0.1, -0.05) is 36.4 Å². The molecule has 4 aromatic rings. The zero-order valence-electron chi connectivity index (χ0n) is 12.9. The van der Waals surface area contributed by atoms with Gasteiger partial charge in [-0.25, -0.2) is 9.97 Å². The normalized spacial score (nSPS) is 11.0. The van der Waals surface area contributed by atoms with E-state index in [1.807, 2.05) is 47.0 Å². The van der Waals surface area contributed by atoms with Gasteiger partial charge in [-0.2, -0.15) is 0 Å². The molecule has 24 heavy (non-hydrogen) atoms. The minimum absolute atomic E-state index is 0.174. The van der Waals surface area contributed by atoms with Crippen molar-refractivity contribution in [3.05, 3.63) is 88.5 Å². The van der Waals surface area contributed by atoms with E-state index in [9.17, 15) is 4.79 Å². The van der Waals surface area contributed by atoms with Gasteiger partial charge in [-0.05, 0) is 17.2 Å². The number of pyridine rings is 1. The molecule has 0 aliphatic heterocycles. The fourth-order valence-corrected chi connectivity index (χ4v) is 2.71. The molecule has 3 heterocycles. The van der Waals surface area contributed by atoms with E-state index in [0.29, 0.717) is 30.0 Å². The van der Waals surface area contributed by atoms with Crippen molar-refractivity contribution >= 4 is 11.2 Å². The maximum atomic E-state index is 12.5. The Morgan fingerprint density at radius 3 is 2.67 bits per heavy atom. The molecule has 0 saturated carbocycles. The van der Waals surface area contributed by atoms with Crippen molar-refractivity contribution in [3.63, 3.8) is 0 Å². The van der Waals surface area contributed by atoms with Crippen LogP contribution in [0.3, 0.4) is 0 Å².